The highest BCUT2D eigenvalue weighted by Gasteiger charge is 2.40. The predicted octanol–water partition coefficient (Wildman–Crippen LogP) is 2.52. The maximum Gasteiger partial charge on any atom is 0.253 e. The molecular formula is C18H26N2O2. The summed E-state index contributed by atoms with van der Waals surface area (Å²) in [6, 6.07) is 7.94. The molecule has 4 heteroatoms. The van der Waals surface area contributed by atoms with Gasteiger partial charge in [0.25, 0.3) is 5.91 Å². The third-order valence-corrected chi connectivity index (χ3v) is 5.19. The highest BCUT2D eigenvalue weighted by Crippen LogP contribution is 2.28. The summed E-state index contributed by atoms with van der Waals surface area (Å²) >= 11 is 0. The maximum atomic E-state index is 12.6. The number of rotatable bonds is 2. The molecule has 22 heavy (non-hydrogen) atoms. The summed E-state index contributed by atoms with van der Waals surface area (Å²) in [6.45, 7) is 7.07. The van der Waals surface area contributed by atoms with Crippen LogP contribution in [0.4, 0.5) is 5.69 Å². The Hall–Kier alpha value is -1.55. The fraction of sp³-hybridized carbons (Fsp3) is 0.611. The van der Waals surface area contributed by atoms with E-state index in [1.165, 1.54) is 24.9 Å². The van der Waals surface area contributed by atoms with Crippen molar-refractivity contribution in [3.05, 3.63) is 29.8 Å². The van der Waals surface area contributed by atoms with Gasteiger partial charge in [-0.2, -0.15) is 0 Å². The van der Waals surface area contributed by atoms with Crippen LogP contribution >= 0.6 is 0 Å². The summed E-state index contributed by atoms with van der Waals surface area (Å²) in [5.41, 5.74) is 1.15. The molecule has 1 aromatic rings. The number of anilines is 1. The zero-order valence-corrected chi connectivity index (χ0v) is 13.6. The van der Waals surface area contributed by atoms with Gasteiger partial charge >= 0.3 is 0 Å². The average molecular weight is 302 g/mol. The summed E-state index contributed by atoms with van der Waals surface area (Å²) in [5, 5.41) is 10.2. The van der Waals surface area contributed by atoms with E-state index < -0.39 is 5.60 Å². The van der Waals surface area contributed by atoms with Gasteiger partial charge in [0.1, 0.15) is 0 Å². The number of nitrogens with zero attached hydrogens (tertiary/aromatic N) is 2. The standard InChI is InChI=1S/C18H26N2O2/c1-14-12-20(13-18(14,2)22)17(21)15-6-8-16(9-7-15)19-10-4-3-5-11-19/h6-9,14,22H,3-5,10-13H2,1-2H3/t14-,18+/m0/s1. The third-order valence-electron chi connectivity index (χ3n) is 5.19. The molecule has 2 fully saturated rings. The minimum absolute atomic E-state index is 0.0230. The van der Waals surface area contributed by atoms with E-state index in [0.717, 1.165) is 13.1 Å². The van der Waals surface area contributed by atoms with E-state index in [2.05, 4.69) is 17.0 Å². The van der Waals surface area contributed by atoms with E-state index in [1.807, 2.05) is 26.0 Å². The second-order valence-corrected chi connectivity index (χ2v) is 7.04. The van der Waals surface area contributed by atoms with Crippen LogP contribution in [0.1, 0.15) is 43.5 Å². The first-order valence-corrected chi connectivity index (χ1v) is 8.34. The summed E-state index contributed by atoms with van der Waals surface area (Å²) in [5.74, 6) is 0.138. The Morgan fingerprint density at radius 3 is 2.36 bits per heavy atom. The van der Waals surface area contributed by atoms with Gasteiger partial charge in [-0.15, -0.1) is 0 Å². The normalized spacial score (nSPS) is 29.0. The monoisotopic (exact) mass is 302 g/mol. The number of aliphatic hydroxyl groups is 1. The lowest BCUT2D eigenvalue weighted by Gasteiger charge is -2.29. The highest BCUT2D eigenvalue weighted by atomic mass is 16.3. The van der Waals surface area contributed by atoms with Gasteiger partial charge in [-0.1, -0.05) is 6.92 Å². The lowest BCUT2D eigenvalue weighted by molar-refractivity contribution is 0.0351. The number of hydrogen-bond acceptors (Lipinski definition) is 3. The van der Waals surface area contributed by atoms with E-state index >= 15 is 0 Å². The molecular weight excluding hydrogens is 276 g/mol. The Morgan fingerprint density at radius 2 is 1.82 bits per heavy atom. The Morgan fingerprint density at radius 1 is 1.18 bits per heavy atom. The molecule has 2 saturated heterocycles. The van der Waals surface area contributed by atoms with Gasteiger partial charge in [0.05, 0.1) is 5.60 Å². The second kappa shape index (κ2) is 5.92. The van der Waals surface area contributed by atoms with Crippen molar-refractivity contribution in [2.45, 2.75) is 38.7 Å². The van der Waals surface area contributed by atoms with E-state index in [0.29, 0.717) is 18.7 Å². The Bertz CT molecular complexity index is 533. The van der Waals surface area contributed by atoms with Gasteiger partial charge in [0, 0.05) is 43.3 Å². The summed E-state index contributed by atoms with van der Waals surface area (Å²) < 4.78 is 0. The van der Waals surface area contributed by atoms with Gasteiger partial charge in [-0.3, -0.25) is 4.79 Å². The Balaban J connectivity index is 1.69. The molecule has 0 aliphatic carbocycles. The number of benzene rings is 1. The van der Waals surface area contributed by atoms with Crippen LogP contribution in [0.3, 0.4) is 0 Å². The van der Waals surface area contributed by atoms with Gasteiger partial charge in [-0.05, 0) is 50.5 Å². The summed E-state index contributed by atoms with van der Waals surface area (Å²) in [7, 11) is 0. The number of piperidine rings is 1. The number of carbonyl (C=O) groups excluding carboxylic acids is 1. The minimum Gasteiger partial charge on any atom is -0.388 e. The second-order valence-electron chi connectivity index (χ2n) is 7.04. The molecule has 1 amide bonds. The Labute approximate surface area is 132 Å². The predicted molar refractivity (Wildman–Crippen MR) is 88.2 cm³/mol. The number of likely N-dealkylation sites (tertiary alicyclic amines) is 1. The van der Waals surface area contributed by atoms with Crippen molar-refractivity contribution in [2.75, 3.05) is 31.1 Å². The fourth-order valence-corrected chi connectivity index (χ4v) is 3.44. The smallest absolute Gasteiger partial charge is 0.253 e. The molecule has 0 aromatic heterocycles. The largest absolute Gasteiger partial charge is 0.388 e. The maximum absolute atomic E-state index is 12.6. The number of amides is 1. The molecule has 0 radical (unpaired) electrons. The third kappa shape index (κ3) is 2.98. The van der Waals surface area contributed by atoms with Crippen molar-refractivity contribution in [1.82, 2.24) is 4.90 Å². The lowest BCUT2D eigenvalue weighted by atomic mass is 9.95. The summed E-state index contributed by atoms with van der Waals surface area (Å²) in [6.07, 6.45) is 3.82. The molecule has 0 unspecified atom stereocenters. The van der Waals surface area contributed by atoms with Gasteiger partial charge in [-0.25, -0.2) is 0 Å². The van der Waals surface area contributed by atoms with Crippen LogP contribution in [-0.4, -0.2) is 47.7 Å². The van der Waals surface area contributed by atoms with Crippen molar-refractivity contribution in [3.63, 3.8) is 0 Å². The quantitative estimate of drug-likeness (QED) is 0.913. The van der Waals surface area contributed by atoms with Crippen LogP contribution < -0.4 is 4.90 Å². The van der Waals surface area contributed by atoms with E-state index in [9.17, 15) is 9.90 Å². The van der Waals surface area contributed by atoms with Gasteiger partial charge in [0.2, 0.25) is 0 Å². The molecule has 2 aliphatic heterocycles. The zero-order valence-electron chi connectivity index (χ0n) is 13.6. The topological polar surface area (TPSA) is 43.8 Å². The molecule has 0 bridgehead atoms. The first kappa shape index (κ1) is 15.3. The molecule has 2 aliphatic rings. The fourth-order valence-electron chi connectivity index (χ4n) is 3.44. The highest BCUT2D eigenvalue weighted by molar-refractivity contribution is 5.94. The Kier molecular flexibility index (Phi) is 4.13. The zero-order chi connectivity index (χ0) is 15.7. The van der Waals surface area contributed by atoms with Crippen LogP contribution in [0.2, 0.25) is 0 Å². The number of carbonyl (C=O) groups is 1. The molecule has 0 saturated carbocycles. The molecule has 1 N–H and O–H groups in total. The van der Waals surface area contributed by atoms with Gasteiger partial charge in [0.15, 0.2) is 0 Å². The molecule has 2 atom stereocenters. The number of β-amino-alcohol motifs (C(OH)–C–C–N with tert-alkyl or cyclic N) is 1. The van der Waals surface area contributed by atoms with Crippen LogP contribution in [0.15, 0.2) is 24.3 Å². The van der Waals surface area contributed by atoms with Crippen molar-refractivity contribution in [1.29, 1.82) is 0 Å². The van der Waals surface area contributed by atoms with Crippen LogP contribution in [0.25, 0.3) is 0 Å². The lowest BCUT2D eigenvalue weighted by Crippen LogP contribution is -2.35. The van der Waals surface area contributed by atoms with Crippen LogP contribution in [-0.2, 0) is 0 Å². The SMILES string of the molecule is C[C@H]1CN(C(=O)c2ccc(N3CCCCC3)cc2)C[C@@]1(C)O. The molecule has 2 heterocycles. The first-order chi connectivity index (χ1) is 10.5. The van der Waals surface area contributed by atoms with Crippen molar-refractivity contribution >= 4 is 11.6 Å². The molecule has 0 spiro atoms. The van der Waals surface area contributed by atoms with Crippen molar-refractivity contribution in [3.8, 4) is 0 Å². The van der Waals surface area contributed by atoms with Crippen molar-refractivity contribution in [2.24, 2.45) is 5.92 Å². The van der Waals surface area contributed by atoms with Crippen LogP contribution in [0.5, 0.6) is 0 Å². The minimum atomic E-state index is -0.774. The van der Waals surface area contributed by atoms with Crippen molar-refractivity contribution < 1.29 is 9.90 Å². The number of hydrogen-bond donors (Lipinski definition) is 1. The molecule has 1 aromatic carbocycles. The van der Waals surface area contributed by atoms with Crippen LogP contribution in [0, 0.1) is 5.92 Å². The van der Waals surface area contributed by atoms with E-state index in [1.54, 1.807) is 4.90 Å². The van der Waals surface area contributed by atoms with Gasteiger partial charge < -0.3 is 14.9 Å². The summed E-state index contributed by atoms with van der Waals surface area (Å²) in [4.78, 5) is 16.7. The molecule has 4 nitrogen and oxygen atoms in total. The first-order valence-electron chi connectivity index (χ1n) is 8.34. The average Bonchev–Trinajstić information content (AvgIpc) is 2.81. The van der Waals surface area contributed by atoms with E-state index in [4.69, 9.17) is 0 Å². The molecule has 120 valence electrons. The van der Waals surface area contributed by atoms with E-state index in [-0.39, 0.29) is 11.8 Å². The molecule has 3 rings (SSSR count).